The van der Waals surface area contributed by atoms with Gasteiger partial charge >= 0.3 is 0 Å². The van der Waals surface area contributed by atoms with E-state index in [9.17, 15) is 0 Å². The van der Waals surface area contributed by atoms with E-state index in [0.717, 1.165) is 31.0 Å². The van der Waals surface area contributed by atoms with Crippen LogP contribution in [0, 0.1) is 5.41 Å². The highest BCUT2D eigenvalue weighted by molar-refractivity contribution is 5.85. The zero-order valence-corrected chi connectivity index (χ0v) is 14.0. The molecule has 6 nitrogen and oxygen atoms in total. The van der Waals surface area contributed by atoms with Gasteiger partial charge < -0.3 is 19.3 Å². The molecule has 1 saturated carbocycles. The maximum absolute atomic E-state index is 5.50. The molecule has 2 aromatic rings. The van der Waals surface area contributed by atoms with Crippen molar-refractivity contribution in [3.05, 3.63) is 24.1 Å². The minimum Gasteiger partial charge on any atom is -0.493 e. The summed E-state index contributed by atoms with van der Waals surface area (Å²) in [4.78, 5) is 4.59. The third-order valence-corrected chi connectivity index (χ3v) is 4.85. The Morgan fingerprint density at radius 2 is 2.09 bits per heavy atom. The van der Waals surface area contributed by atoms with Gasteiger partial charge in [-0.25, -0.2) is 0 Å². The minimum absolute atomic E-state index is 0. The Morgan fingerprint density at radius 1 is 1.26 bits per heavy atom. The fraction of sp³-hybridized carbons (Fsp3) is 0.500. The van der Waals surface area contributed by atoms with Gasteiger partial charge in [-0.3, -0.25) is 0 Å². The molecule has 1 aliphatic carbocycles. The van der Waals surface area contributed by atoms with Crippen molar-refractivity contribution in [3.63, 3.8) is 0 Å². The number of ether oxygens (including phenoxy) is 2. The molecule has 0 amide bonds. The van der Waals surface area contributed by atoms with Gasteiger partial charge in [0.2, 0.25) is 11.7 Å². The molecule has 0 radical (unpaired) electrons. The van der Waals surface area contributed by atoms with Gasteiger partial charge in [0.25, 0.3) is 0 Å². The van der Waals surface area contributed by atoms with Crippen LogP contribution < -0.4 is 14.8 Å². The van der Waals surface area contributed by atoms with Gasteiger partial charge in [0, 0.05) is 18.0 Å². The van der Waals surface area contributed by atoms with Crippen LogP contribution in [0.25, 0.3) is 11.4 Å². The Morgan fingerprint density at radius 3 is 2.78 bits per heavy atom. The number of nitrogens with zero attached hydrogens (tertiary/aromatic N) is 2. The van der Waals surface area contributed by atoms with E-state index in [1.165, 1.54) is 6.42 Å². The van der Waals surface area contributed by atoms with Crippen LogP contribution in [0.3, 0.4) is 0 Å². The first-order chi connectivity index (χ1) is 10.8. The monoisotopic (exact) mass is 337 g/mol. The molecule has 2 unspecified atom stereocenters. The van der Waals surface area contributed by atoms with E-state index >= 15 is 0 Å². The second-order valence-electron chi connectivity index (χ2n) is 6.07. The fourth-order valence-corrected chi connectivity index (χ4v) is 3.40. The summed E-state index contributed by atoms with van der Waals surface area (Å²) in [5.74, 6) is 3.11. The van der Waals surface area contributed by atoms with Gasteiger partial charge in [-0.2, -0.15) is 4.98 Å². The number of aromatic nitrogens is 2. The lowest BCUT2D eigenvalue weighted by atomic mass is 10.0. The van der Waals surface area contributed by atoms with E-state index in [-0.39, 0.29) is 12.4 Å². The van der Waals surface area contributed by atoms with Crippen LogP contribution in [0.2, 0.25) is 0 Å². The zero-order valence-electron chi connectivity index (χ0n) is 13.2. The van der Waals surface area contributed by atoms with Crippen molar-refractivity contribution in [1.29, 1.82) is 0 Å². The van der Waals surface area contributed by atoms with Crippen LogP contribution in [0.4, 0.5) is 0 Å². The first kappa shape index (κ1) is 16.1. The van der Waals surface area contributed by atoms with Gasteiger partial charge in [0.1, 0.15) is 0 Å². The Balaban J connectivity index is 0.00000156. The molecule has 1 aliphatic heterocycles. The largest absolute Gasteiger partial charge is 0.493 e. The molecule has 1 saturated heterocycles. The molecule has 1 N–H and O–H groups in total. The van der Waals surface area contributed by atoms with Crippen molar-refractivity contribution in [1.82, 2.24) is 15.5 Å². The van der Waals surface area contributed by atoms with Crippen LogP contribution in [-0.4, -0.2) is 37.4 Å². The summed E-state index contributed by atoms with van der Waals surface area (Å²) < 4.78 is 16.1. The maximum Gasteiger partial charge on any atom is 0.230 e. The highest BCUT2D eigenvalue weighted by atomic mass is 35.5. The summed E-state index contributed by atoms with van der Waals surface area (Å²) in [6, 6.07) is 5.63. The van der Waals surface area contributed by atoms with Crippen LogP contribution >= 0.6 is 12.4 Å². The number of benzene rings is 1. The van der Waals surface area contributed by atoms with Crippen molar-refractivity contribution >= 4 is 12.4 Å². The lowest BCUT2D eigenvalue weighted by Crippen LogP contribution is -2.10. The molecule has 2 heterocycles. The lowest BCUT2D eigenvalue weighted by Gasteiger charge is -2.07. The van der Waals surface area contributed by atoms with E-state index < -0.39 is 0 Å². The smallest absolute Gasteiger partial charge is 0.230 e. The Kier molecular flexibility index (Phi) is 4.21. The number of hydrogen-bond donors (Lipinski definition) is 1. The van der Waals surface area contributed by atoms with E-state index in [2.05, 4.69) is 15.5 Å². The van der Waals surface area contributed by atoms with Crippen molar-refractivity contribution in [2.45, 2.75) is 18.8 Å². The summed E-state index contributed by atoms with van der Waals surface area (Å²) >= 11 is 0. The van der Waals surface area contributed by atoms with Crippen molar-refractivity contribution < 1.29 is 14.0 Å². The molecule has 1 aromatic heterocycles. The molecule has 7 heteroatoms. The van der Waals surface area contributed by atoms with Crippen LogP contribution in [0.5, 0.6) is 11.5 Å². The Labute approximate surface area is 141 Å². The predicted molar refractivity (Wildman–Crippen MR) is 87.4 cm³/mol. The van der Waals surface area contributed by atoms with Crippen molar-refractivity contribution in [3.8, 4) is 22.9 Å². The van der Waals surface area contributed by atoms with Crippen LogP contribution in [0.15, 0.2) is 22.7 Å². The highest BCUT2D eigenvalue weighted by Crippen LogP contribution is 2.62. The number of nitrogens with one attached hydrogen (secondary N) is 1. The summed E-state index contributed by atoms with van der Waals surface area (Å²) in [5, 5.41) is 7.55. The summed E-state index contributed by atoms with van der Waals surface area (Å²) in [7, 11) is 3.23. The molecule has 23 heavy (non-hydrogen) atoms. The summed E-state index contributed by atoms with van der Waals surface area (Å²) in [6.07, 6.45) is 2.35. The maximum atomic E-state index is 5.50. The predicted octanol–water partition coefficient (Wildman–Crippen LogP) is 2.64. The average Bonchev–Trinajstić information content (AvgIpc) is 2.93. The third kappa shape index (κ3) is 2.66. The number of methoxy groups -OCH3 is 2. The molecular formula is C16H20ClN3O3. The molecule has 4 rings (SSSR count). The second kappa shape index (κ2) is 6.02. The average molecular weight is 338 g/mol. The lowest BCUT2D eigenvalue weighted by molar-refractivity contribution is 0.355. The normalized spacial score (nSPS) is 25.2. The second-order valence-corrected chi connectivity index (χ2v) is 6.07. The van der Waals surface area contributed by atoms with E-state index in [1.54, 1.807) is 14.2 Å². The van der Waals surface area contributed by atoms with Gasteiger partial charge in [0.15, 0.2) is 11.5 Å². The Bertz CT molecular complexity index is 698. The summed E-state index contributed by atoms with van der Waals surface area (Å²) in [5.41, 5.74) is 1.23. The molecule has 2 atom stereocenters. The van der Waals surface area contributed by atoms with E-state index in [1.807, 2.05) is 18.2 Å². The molecule has 1 aromatic carbocycles. The van der Waals surface area contributed by atoms with E-state index in [4.69, 9.17) is 14.0 Å². The Hall–Kier alpha value is -1.79. The van der Waals surface area contributed by atoms with Crippen molar-refractivity contribution in [2.24, 2.45) is 5.41 Å². The van der Waals surface area contributed by atoms with Gasteiger partial charge in [-0.05, 0) is 43.0 Å². The minimum atomic E-state index is 0. The molecule has 0 bridgehead atoms. The first-order valence-electron chi connectivity index (χ1n) is 7.52. The number of rotatable bonds is 4. The van der Waals surface area contributed by atoms with Crippen LogP contribution in [0.1, 0.15) is 24.7 Å². The quantitative estimate of drug-likeness (QED) is 0.925. The molecular weight excluding hydrogens is 318 g/mol. The molecule has 2 fully saturated rings. The highest BCUT2D eigenvalue weighted by Gasteiger charge is 2.58. The number of hydrogen-bond acceptors (Lipinski definition) is 6. The zero-order chi connectivity index (χ0) is 15.2. The fourth-order valence-electron chi connectivity index (χ4n) is 3.40. The van der Waals surface area contributed by atoms with Crippen LogP contribution in [-0.2, 0) is 0 Å². The van der Waals surface area contributed by atoms with Gasteiger partial charge in [-0.15, -0.1) is 12.4 Å². The molecule has 2 aliphatic rings. The third-order valence-electron chi connectivity index (χ3n) is 4.85. The topological polar surface area (TPSA) is 69.4 Å². The summed E-state index contributed by atoms with van der Waals surface area (Å²) in [6.45, 7) is 2.15. The van der Waals surface area contributed by atoms with E-state index in [0.29, 0.717) is 28.7 Å². The molecule has 1 spiro atoms. The standard InChI is InChI=1S/C16H19N3O3.ClH/c1-20-12-4-3-10(7-13(12)21-2)14-18-15(22-19-14)11-8-16(11)5-6-17-9-16;/h3-4,7,11,17H,5-6,8-9H2,1-2H3;1H. The van der Waals surface area contributed by atoms with Crippen molar-refractivity contribution in [2.75, 3.05) is 27.3 Å². The van der Waals surface area contributed by atoms with Gasteiger partial charge in [-0.1, -0.05) is 5.16 Å². The molecule has 124 valence electrons. The number of halogens is 1. The van der Waals surface area contributed by atoms with Gasteiger partial charge in [0.05, 0.1) is 14.2 Å². The SMILES string of the molecule is COc1ccc(-c2noc(C3CC34CCNC4)n2)cc1OC.Cl. The first-order valence-corrected chi connectivity index (χ1v) is 7.52.